The summed E-state index contributed by atoms with van der Waals surface area (Å²) in [5.41, 5.74) is 3.01. The fourth-order valence-electron chi connectivity index (χ4n) is 3.52. The van der Waals surface area contributed by atoms with Crippen LogP contribution in [0.3, 0.4) is 0 Å². The summed E-state index contributed by atoms with van der Waals surface area (Å²) >= 11 is 0. The zero-order chi connectivity index (χ0) is 19.3. The van der Waals surface area contributed by atoms with Crippen molar-refractivity contribution < 1.29 is 13.2 Å². The van der Waals surface area contributed by atoms with Crippen LogP contribution in [0, 0.1) is 6.92 Å². The van der Waals surface area contributed by atoms with Gasteiger partial charge < -0.3 is 4.74 Å². The van der Waals surface area contributed by atoms with Gasteiger partial charge in [0.05, 0.1) is 12.0 Å². The van der Waals surface area contributed by atoms with Crippen LogP contribution in [0.4, 0.5) is 0 Å². The van der Waals surface area contributed by atoms with E-state index >= 15 is 0 Å². The predicted molar refractivity (Wildman–Crippen MR) is 107 cm³/mol. The van der Waals surface area contributed by atoms with Gasteiger partial charge in [-0.1, -0.05) is 30.7 Å². The summed E-state index contributed by atoms with van der Waals surface area (Å²) in [7, 11) is -2.00. The largest absolute Gasteiger partial charge is 0.496 e. The third-order valence-electron chi connectivity index (χ3n) is 5.09. The highest BCUT2D eigenvalue weighted by Crippen LogP contribution is 2.22. The molecule has 0 amide bonds. The Morgan fingerprint density at radius 1 is 1.04 bits per heavy atom. The third-order valence-corrected chi connectivity index (χ3v) is 6.49. The Kier molecular flexibility index (Phi) is 6.52. The van der Waals surface area contributed by atoms with E-state index < -0.39 is 10.0 Å². The van der Waals surface area contributed by atoms with Crippen molar-refractivity contribution >= 4 is 10.0 Å². The van der Waals surface area contributed by atoms with E-state index in [0.29, 0.717) is 5.75 Å². The van der Waals surface area contributed by atoms with E-state index in [1.807, 2.05) is 25.1 Å². The standard InChI is InChI=1S/C21H28N2O3S/c1-17-14-20(10-11-21(17)26-2)27(24,25)22-15-18-8-4-5-9-19(18)16-23-12-6-3-7-13-23/h4-5,8-11,14,22H,3,6-7,12-13,15-16H2,1-2H3. The smallest absolute Gasteiger partial charge is 0.240 e. The van der Waals surface area contributed by atoms with E-state index in [-0.39, 0.29) is 11.4 Å². The maximum absolute atomic E-state index is 12.7. The van der Waals surface area contributed by atoms with E-state index in [0.717, 1.165) is 30.8 Å². The number of likely N-dealkylation sites (tertiary alicyclic amines) is 1. The van der Waals surface area contributed by atoms with Crippen LogP contribution in [0.25, 0.3) is 0 Å². The number of rotatable bonds is 7. The molecule has 0 bridgehead atoms. The number of aryl methyl sites for hydroxylation is 1. The van der Waals surface area contributed by atoms with Crippen molar-refractivity contribution in [1.29, 1.82) is 0 Å². The molecule has 1 aliphatic heterocycles. The van der Waals surface area contributed by atoms with Crippen LogP contribution in [-0.4, -0.2) is 33.5 Å². The first-order chi connectivity index (χ1) is 13.0. The highest BCUT2D eigenvalue weighted by atomic mass is 32.2. The molecule has 2 aromatic rings. The number of nitrogens with zero attached hydrogens (tertiary/aromatic N) is 1. The summed E-state index contributed by atoms with van der Waals surface area (Å²) in [6, 6.07) is 13.0. The lowest BCUT2D eigenvalue weighted by atomic mass is 10.1. The SMILES string of the molecule is COc1ccc(S(=O)(=O)NCc2ccccc2CN2CCCCC2)cc1C. The monoisotopic (exact) mass is 388 g/mol. The van der Waals surface area contributed by atoms with Gasteiger partial charge in [-0.15, -0.1) is 0 Å². The molecule has 0 unspecified atom stereocenters. The van der Waals surface area contributed by atoms with Gasteiger partial charge in [0.1, 0.15) is 5.75 Å². The highest BCUT2D eigenvalue weighted by Gasteiger charge is 2.17. The second-order valence-electron chi connectivity index (χ2n) is 7.06. The van der Waals surface area contributed by atoms with Gasteiger partial charge in [0.15, 0.2) is 0 Å². The second kappa shape index (κ2) is 8.87. The van der Waals surface area contributed by atoms with Crippen LogP contribution >= 0.6 is 0 Å². The topological polar surface area (TPSA) is 58.6 Å². The van der Waals surface area contributed by atoms with Gasteiger partial charge in [-0.2, -0.15) is 0 Å². The Balaban J connectivity index is 1.71. The molecule has 2 aromatic carbocycles. The Morgan fingerprint density at radius 3 is 2.41 bits per heavy atom. The van der Waals surface area contributed by atoms with E-state index in [9.17, 15) is 8.42 Å². The molecule has 0 atom stereocenters. The van der Waals surface area contributed by atoms with Crippen molar-refractivity contribution in [2.45, 2.75) is 44.2 Å². The van der Waals surface area contributed by atoms with Crippen molar-refractivity contribution in [2.24, 2.45) is 0 Å². The van der Waals surface area contributed by atoms with Crippen molar-refractivity contribution in [3.8, 4) is 5.75 Å². The van der Waals surface area contributed by atoms with E-state index in [4.69, 9.17) is 4.74 Å². The molecular weight excluding hydrogens is 360 g/mol. The molecule has 3 rings (SSSR count). The first-order valence-electron chi connectivity index (χ1n) is 9.43. The summed E-state index contributed by atoms with van der Waals surface area (Å²) in [6.45, 7) is 5.24. The molecule has 0 aromatic heterocycles. The number of hydrogen-bond donors (Lipinski definition) is 1. The molecule has 27 heavy (non-hydrogen) atoms. The lowest BCUT2D eigenvalue weighted by Gasteiger charge is -2.27. The van der Waals surface area contributed by atoms with Gasteiger partial charge in [0.25, 0.3) is 0 Å². The molecule has 146 valence electrons. The molecule has 1 heterocycles. The van der Waals surface area contributed by atoms with Gasteiger partial charge in [-0.25, -0.2) is 13.1 Å². The van der Waals surface area contributed by atoms with Crippen LogP contribution in [0.15, 0.2) is 47.4 Å². The highest BCUT2D eigenvalue weighted by molar-refractivity contribution is 7.89. The minimum atomic E-state index is -3.57. The normalized spacial score (nSPS) is 15.6. The zero-order valence-electron chi connectivity index (χ0n) is 16.1. The van der Waals surface area contributed by atoms with Gasteiger partial charge in [-0.3, -0.25) is 4.90 Å². The molecule has 0 radical (unpaired) electrons. The average molecular weight is 389 g/mol. The van der Waals surface area contributed by atoms with Crippen LogP contribution < -0.4 is 9.46 Å². The lowest BCUT2D eigenvalue weighted by Crippen LogP contribution is -2.30. The minimum Gasteiger partial charge on any atom is -0.496 e. The Hall–Kier alpha value is -1.89. The number of methoxy groups -OCH3 is 1. The fraction of sp³-hybridized carbons (Fsp3) is 0.429. The molecule has 0 spiro atoms. The second-order valence-corrected chi connectivity index (χ2v) is 8.83. The molecule has 1 aliphatic rings. The third kappa shape index (κ3) is 5.09. The van der Waals surface area contributed by atoms with Crippen LogP contribution in [0.5, 0.6) is 5.75 Å². The number of benzene rings is 2. The summed E-state index contributed by atoms with van der Waals surface area (Å²) < 4.78 is 33.3. The zero-order valence-corrected chi connectivity index (χ0v) is 16.9. The summed E-state index contributed by atoms with van der Waals surface area (Å²) in [6.07, 6.45) is 3.79. The van der Waals surface area contributed by atoms with Gasteiger partial charge in [0.2, 0.25) is 10.0 Å². The van der Waals surface area contributed by atoms with Crippen molar-refractivity contribution in [3.05, 3.63) is 59.2 Å². The molecule has 5 nitrogen and oxygen atoms in total. The average Bonchev–Trinajstić information content (AvgIpc) is 2.68. The molecule has 1 saturated heterocycles. The number of hydrogen-bond acceptors (Lipinski definition) is 4. The number of sulfonamides is 1. The van der Waals surface area contributed by atoms with Crippen LogP contribution in [0.2, 0.25) is 0 Å². The number of nitrogens with one attached hydrogen (secondary N) is 1. The maximum atomic E-state index is 12.7. The fourth-order valence-corrected chi connectivity index (χ4v) is 4.61. The van der Waals surface area contributed by atoms with Gasteiger partial charge >= 0.3 is 0 Å². The van der Waals surface area contributed by atoms with Crippen molar-refractivity contribution in [3.63, 3.8) is 0 Å². The predicted octanol–water partition coefficient (Wildman–Crippen LogP) is 3.47. The van der Waals surface area contributed by atoms with Gasteiger partial charge in [-0.05, 0) is 67.7 Å². The Bertz CT molecular complexity index is 875. The molecule has 1 N–H and O–H groups in total. The molecule has 1 fully saturated rings. The maximum Gasteiger partial charge on any atom is 0.240 e. The van der Waals surface area contributed by atoms with Crippen molar-refractivity contribution in [2.75, 3.05) is 20.2 Å². The van der Waals surface area contributed by atoms with E-state index in [1.165, 1.54) is 24.8 Å². The molecule has 6 heteroatoms. The lowest BCUT2D eigenvalue weighted by molar-refractivity contribution is 0.220. The van der Waals surface area contributed by atoms with Crippen LogP contribution in [0.1, 0.15) is 36.0 Å². The molecular formula is C21H28N2O3S. The number of piperidine rings is 1. The van der Waals surface area contributed by atoms with E-state index in [2.05, 4.69) is 15.7 Å². The number of ether oxygens (including phenoxy) is 1. The Morgan fingerprint density at radius 2 is 1.74 bits per heavy atom. The molecule has 0 saturated carbocycles. The first-order valence-corrected chi connectivity index (χ1v) is 10.9. The summed E-state index contributed by atoms with van der Waals surface area (Å²) in [5.74, 6) is 0.681. The first kappa shape index (κ1) is 19.9. The van der Waals surface area contributed by atoms with Gasteiger partial charge in [0, 0.05) is 13.1 Å². The Labute approximate surface area is 162 Å². The van der Waals surface area contributed by atoms with E-state index in [1.54, 1.807) is 25.3 Å². The van der Waals surface area contributed by atoms with Crippen LogP contribution in [-0.2, 0) is 23.1 Å². The molecule has 0 aliphatic carbocycles. The quantitative estimate of drug-likeness (QED) is 0.789. The minimum absolute atomic E-state index is 0.259. The summed E-state index contributed by atoms with van der Waals surface area (Å²) in [4.78, 5) is 2.71. The van der Waals surface area contributed by atoms with Crippen molar-refractivity contribution in [1.82, 2.24) is 9.62 Å². The summed E-state index contributed by atoms with van der Waals surface area (Å²) in [5, 5.41) is 0.